The van der Waals surface area contributed by atoms with Crippen molar-refractivity contribution >= 4 is 43.8 Å². The zero-order valence-electron chi connectivity index (χ0n) is 16.8. The number of thiophene rings is 1. The van der Waals surface area contributed by atoms with Gasteiger partial charge >= 0.3 is 0 Å². The summed E-state index contributed by atoms with van der Waals surface area (Å²) in [5.74, 6) is 0.0000434. The lowest BCUT2D eigenvalue weighted by molar-refractivity contribution is -0.116. The van der Waals surface area contributed by atoms with Gasteiger partial charge in [0.2, 0.25) is 5.91 Å². The molecular formula is C23H24N4OS2. The number of aromatic nitrogens is 1. The van der Waals surface area contributed by atoms with Gasteiger partial charge in [0.1, 0.15) is 16.1 Å². The van der Waals surface area contributed by atoms with Crippen molar-refractivity contribution < 1.29 is 4.79 Å². The Morgan fingerprint density at radius 1 is 1.23 bits per heavy atom. The molecule has 3 heterocycles. The quantitative estimate of drug-likeness (QED) is 0.591. The van der Waals surface area contributed by atoms with Gasteiger partial charge in [-0.05, 0) is 62.8 Å². The van der Waals surface area contributed by atoms with Crippen molar-refractivity contribution in [2.45, 2.75) is 51.0 Å². The molecule has 0 bridgehead atoms. The van der Waals surface area contributed by atoms with Gasteiger partial charge in [0.05, 0.1) is 21.8 Å². The predicted octanol–water partition coefficient (Wildman–Crippen LogP) is 5.27. The summed E-state index contributed by atoms with van der Waals surface area (Å²) < 4.78 is 1.22. The van der Waals surface area contributed by atoms with Crippen LogP contribution in [0.3, 0.4) is 0 Å². The highest BCUT2D eigenvalue weighted by atomic mass is 32.1. The number of para-hydroxylation sites is 1. The molecule has 1 fully saturated rings. The highest BCUT2D eigenvalue weighted by Gasteiger charge is 2.29. The Balaban J connectivity index is 1.24. The van der Waals surface area contributed by atoms with E-state index in [2.05, 4.69) is 34.5 Å². The normalized spacial score (nSPS) is 19.0. The van der Waals surface area contributed by atoms with E-state index in [0.717, 1.165) is 60.7 Å². The Bertz CT molecular complexity index is 1090. The minimum Gasteiger partial charge on any atom is -0.317 e. The Hall–Kier alpha value is -2.27. The smallest absolute Gasteiger partial charge is 0.226 e. The average molecular weight is 437 g/mol. The van der Waals surface area contributed by atoms with Gasteiger partial charge in [-0.3, -0.25) is 9.69 Å². The SMILES string of the molecule is N#Cc1c(NC(=O)CCN2CCC[C@H]2c2nc3ccccc3s2)sc2c1CCCC2. The highest BCUT2D eigenvalue weighted by Crippen LogP contribution is 2.38. The number of aryl methyl sites for hydroxylation is 1. The van der Waals surface area contributed by atoms with Crippen LogP contribution in [-0.4, -0.2) is 28.9 Å². The number of benzene rings is 1. The number of nitriles is 1. The van der Waals surface area contributed by atoms with E-state index in [1.54, 1.807) is 22.7 Å². The van der Waals surface area contributed by atoms with Crippen molar-refractivity contribution in [1.29, 1.82) is 5.26 Å². The number of carbonyl (C=O) groups excluding carboxylic acids is 1. The molecule has 2 aromatic heterocycles. The number of nitrogens with one attached hydrogen (secondary N) is 1. The zero-order valence-corrected chi connectivity index (χ0v) is 18.5. The van der Waals surface area contributed by atoms with Crippen molar-refractivity contribution in [2.75, 3.05) is 18.4 Å². The Morgan fingerprint density at radius 2 is 2.10 bits per heavy atom. The summed E-state index contributed by atoms with van der Waals surface area (Å²) >= 11 is 3.36. The van der Waals surface area contributed by atoms with E-state index in [-0.39, 0.29) is 5.91 Å². The largest absolute Gasteiger partial charge is 0.317 e. The van der Waals surface area contributed by atoms with E-state index in [4.69, 9.17) is 4.98 Å². The van der Waals surface area contributed by atoms with Gasteiger partial charge in [-0.15, -0.1) is 22.7 Å². The molecule has 0 unspecified atom stereocenters. The molecule has 1 atom stereocenters. The van der Waals surface area contributed by atoms with Gasteiger partial charge in [0, 0.05) is 17.8 Å². The molecule has 1 amide bonds. The molecule has 154 valence electrons. The van der Waals surface area contributed by atoms with Crippen LogP contribution in [0.2, 0.25) is 0 Å². The van der Waals surface area contributed by atoms with Crippen molar-refractivity contribution in [3.8, 4) is 6.07 Å². The minimum atomic E-state index is 0.0000434. The summed E-state index contributed by atoms with van der Waals surface area (Å²) in [4.78, 5) is 21.2. The van der Waals surface area contributed by atoms with Crippen LogP contribution in [0.15, 0.2) is 24.3 Å². The molecule has 1 N–H and O–H groups in total. The van der Waals surface area contributed by atoms with Crippen LogP contribution in [0.4, 0.5) is 5.00 Å². The van der Waals surface area contributed by atoms with Crippen LogP contribution in [0.1, 0.15) is 59.2 Å². The fraction of sp³-hybridized carbons (Fsp3) is 0.435. The first-order valence-corrected chi connectivity index (χ1v) is 12.3. The maximum atomic E-state index is 12.7. The van der Waals surface area contributed by atoms with Crippen LogP contribution in [0.5, 0.6) is 0 Å². The summed E-state index contributed by atoms with van der Waals surface area (Å²) in [6.07, 6.45) is 6.97. The first-order valence-electron chi connectivity index (χ1n) is 10.7. The lowest BCUT2D eigenvalue weighted by atomic mass is 9.96. The third-order valence-corrected chi connectivity index (χ3v) is 8.47. The molecule has 0 spiro atoms. The molecule has 5 rings (SSSR count). The number of anilines is 1. The van der Waals surface area contributed by atoms with E-state index in [1.165, 1.54) is 21.6 Å². The summed E-state index contributed by atoms with van der Waals surface area (Å²) in [5.41, 5.74) is 2.92. The number of fused-ring (bicyclic) bond motifs is 2. The lowest BCUT2D eigenvalue weighted by Crippen LogP contribution is -2.27. The second-order valence-electron chi connectivity index (χ2n) is 8.04. The van der Waals surface area contributed by atoms with Gasteiger partial charge in [0.15, 0.2) is 0 Å². The van der Waals surface area contributed by atoms with Crippen LogP contribution in [0, 0.1) is 11.3 Å². The van der Waals surface area contributed by atoms with Crippen LogP contribution < -0.4 is 5.32 Å². The molecule has 30 heavy (non-hydrogen) atoms. The minimum absolute atomic E-state index is 0.0000434. The van der Waals surface area contributed by atoms with Crippen molar-refractivity contribution in [1.82, 2.24) is 9.88 Å². The molecule has 1 saturated heterocycles. The summed E-state index contributed by atoms with van der Waals surface area (Å²) in [5, 5.41) is 14.5. The maximum absolute atomic E-state index is 12.7. The summed E-state index contributed by atoms with van der Waals surface area (Å²) in [6, 6.07) is 10.9. The third kappa shape index (κ3) is 3.76. The van der Waals surface area contributed by atoms with Crippen LogP contribution in [0.25, 0.3) is 10.2 Å². The number of thiazole rings is 1. The molecule has 7 heteroatoms. The van der Waals surface area contributed by atoms with Gasteiger partial charge in [-0.2, -0.15) is 5.26 Å². The number of rotatable bonds is 5. The topological polar surface area (TPSA) is 69.0 Å². The number of likely N-dealkylation sites (tertiary alicyclic amines) is 1. The molecule has 1 aliphatic carbocycles. The molecule has 0 radical (unpaired) electrons. The third-order valence-electron chi connectivity index (χ3n) is 6.12. The first-order chi connectivity index (χ1) is 14.7. The molecule has 1 aromatic carbocycles. The van der Waals surface area contributed by atoms with Gasteiger partial charge in [-0.1, -0.05) is 12.1 Å². The summed E-state index contributed by atoms with van der Waals surface area (Å²) in [6.45, 7) is 1.73. The van der Waals surface area contributed by atoms with Crippen LogP contribution >= 0.6 is 22.7 Å². The molecule has 3 aromatic rings. The Kier molecular flexibility index (Phi) is 5.55. The number of carbonyl (C=O) groups is 1. The highest BCUT2D eigenvalue weighted by molar-refractivity contribution is 7.18. The van der Waals surface area contributed by atoms with E-state index >= 15 is 0 Å². The lowest BCUT2D eigenvalue weighted by Gasteiger charge is -2.22. The van der Waals surface area contributed by atoms with Crippen LogP contribution in [-0.2, 0) is 17.6 Å². The second-order valence-corrected chi connectivity index (χ2v) is 10.2. The molecule has 0 saturated carbocycles. The maximum Gasteiger partial charge on any atom is 0.226 e. The van der Waals surface area contributed by atoms with E-state index in [9.17, 15) is 10.1 Å². The standard InChI is InChI=1S/C23H24N4OS2/c24-14-16-15-6-1-3-9-19(15)29-22(16)26-21(28)11-13-27-12-5-8-18(27)23-25-17-7-2-4-10-20(17)30-23/h2,4,7,10,18H,1,3,5-6,8-9,11-13H2,(H,26,28)/t18-/m0/s1. The monoisotopic (exact) mass is 436 g/mol. The van der Waals surface area contributed by atoms with Crippen molar-refractivity contribution in [2.24, 2.45) is 0 Å². The Labute approximate surface area is 184 Å². The van der Waals surface area contributed by atoms with Crippen molar-refractivity contribution in [3.63, 3.8) is 0 Å². The fourth-order valence-electron chi connectivity index (χ4n) is 4.61. The molecule has 5 nitrogen and oxygen atoms in total. The van der Waals surface area contributed by atoms with E-state index in [0.29, 0.717) is 18.0 Å². The number of nitrogens with zero attached hydrogens (tertiary/aromatic N) is 3. The van der Waals surface area contributed by atoms with Crippen molar-refractivity contribution in [3.05, 3.63) is 45.3 Å². The van der Waals surface area contributed by atoms with Gasteiger partial charge in [-0.25, -0.2) is 4.98 Å². The van der Waals surface area contributed by atoms with E-state index < -0.39 is 0 Å². The predicted molar refractivity (Wildman–Crippen MR) is 122 cm³/mol. The first kappa shape index (κ1) is 19.7. The van der Waals surface area contributed by atoms with E-state index in [1.807, 2.05) is 6.07 Å². The zero-order chi connectivity index (χ0) is 20.5. The second kappa shape index (κ2) is 8.46. The average Bonchev–Trinajstić information content (AvgIpc) is 3.47. The molecule has 1 aliphatic heterocycles. The number of hydrogen-bond donors (Lipinski definition) is 1. The van der Waals surface area contributed by atoms with Gasteiger partial charge < -0.3 is 5.32 Å². The fourth-order valence-corrected chi connectivity index (χ4v) is 7.01. The molecular weight excluding hydrogens is 412 g/mol. The summed E-state index contributed by atoms with van der Waals surface area (Å²) in [7, 11) is 0. The number of amides is 1. The Morgan fingerprint density at radius 3 is 2.97 bits per heavy atom. The molecule has 2 aliphatic rings. The number of hydrogen-bond acceptors (Lipinski definition) is 6. The van der Waals surface area contributed by atoms with Gasteiger partial charge in [0.25, 0.3) is 0 Å².